The molecule has 0 aliphatic heterocycles. The lowest BCUT2D eigenvalue weighted by molar-refractivity contribution is -0.380. The minimum Gasteiger partial charge on any atom is -0.331 e. The summed E-state index contributed by atoms with van der Waals surface area (Å²) in [7, 11) is 1.26. The number of nitrogens with one attached hydrogen (secondary N) is 1. The second kappa shape index (κ2) is 14.1. The molecule has 0 bridgehead atoms. The lowest BCUT2D eigenvalue weighted by atomic mass is 9.93. The van der Waals surface area contributed by atoms with Crippen molar-refractivity contribution in [3.8, 4) is 0 Å². The highest BCUT2D eigenvalue weighted by molar-refractivity contribution is 7.89. The Morgan fingerprint density at radius 1 is 0.862 bits per heavy atom. The van der Waals surface area contributed by atoms with Gasteiger partial charge < -0.3 is 14.2 Å². The highest BCUT2D eigenvalue weighted by Gasteiger charge is 2.39. The van der Waals surface area contributed by atoms with Gasteiger partial charge in [0.1, 0.15) is 0 Å². The topological polar surface area (TPSA) is 73.9 Å². The number of hydrogen-bond donors (Lipinski definition) is 1. The maximum Gasteiger partial charge on any atom is 0.285 e. The maximum atomic E-state index is 12.4. The monoisotopic (exact) mass is 429 g/mol. The molecule has 168 valence electrons. The third kappa shape index (κ3) is 8.72. The summed E-state index contributed by atoms with van der Waals surface area (Å²) in [5.74, 6) is -1.07. The molecule has 1 rings (SSSR count). The van der Waals surface area contributed by atoms with E-state index in [1.165, 1.54) is 32.1 Å². The van der Waals surface area contributed by atoms with Crippen LogP contribution in [-0.2, 0) is 24.2 Å². The highest BCUT2D eigenvalue weighted by Crippen LogP contribution is 2.32. The normalized spacial score (nSPS) is 13.5. The molecule has 1 aromatic carbocycles. The van der Waals surface area contributed by atoms with E-state index in [1.54, 1.807) is 51.7 Å². The van der Waals surface area contributed by atoms with Gasteiger partial charge in [-0.1, -0.05) is 63.6 Å². The van der Waals surface area contributed by atoms with Crippen LogP contribution in [0.5, 0.6) is 0 Å². The third-order valence-electron chi connectivity index (χ3n) is 5.33. The van der Waals surface area contributed by atoms with Crippen LogP contribution in [0, 0.1) is 5.92 Å². The average Bonchev–Trinajstić information content (AvgIpc) is 2.75. The van der Waals surface area contributed by atoms with E-state index in [1.807, 2.05) is 0 Å². The summed E-state index contributed by atoms with van der Waals surface area (Å²) in [6.07, 6.45) is 9.58. The van der Waals surface area contributed by atoms with Gasteiger partial charge in [0, 0.05) is 33.8 Å². The van der Waals surface area contributed by atoms with E-state index in [2.05, 4.69) is 11.6 Å². The number of sulfonamides is 1. The molecule has 1 unspecified atom stereocenters. The highest BCUT2D eigenvalue weighted by atomic mass is 32.2. The van der Waals surface area contributed by atoms with Crippen molar-refractivity contribution >= 4 is 10.0 Å². The smallest absolute Gasteiger partial charge is 0.285 e. The second-order valence-corrected chi connectivity index (χ2v) is 9.09. The SMILES string of the molecule is CCCCCCCCC(CCCNS(=O)(=O)c1ccccc1)C(OC)(OC)OC. The van der Waals surface area contributed by atoms with Gasteiger partial charge >= 0.3 is 0 Å². The van der Waals surface area contributed by atoms with Gasteiger partial charge in [-0.05, 0) is 31.4 Å². The Balaban J connectivity index is 2.57. The molecule has 29 heavy (non-hydrogen) atoms. The molecule has 6 nitrogen and oxygen atoms in total. The van der Waals surface area contributed by atoms with E-state index in [0.29, 0.717) is 13.0 Å². The zero-order chi connectivity index (χ0) is 21.6. The van der Waals surface area contributed by atoms with Crippen LogP contribution in [0.3, 0.4) is 0 Å². The molecule has 0 saturated heterocycles. The standard InChI is InChI=1S/C22H39NO5S/c1-5-6-7-8-9-11-15-20(22(26-2,27-3)28-4)16-14-19-23-29(24,25)21-17-12-10-13-18-21/h10,12-13,17-18,20,23H,5-9,11,14-16,19H2,1-4H3. The van der Waals surface area contributed by atoms with Crippen molar-refractivity contribution < 1.29 is 22.6 Å². The fourth-order valence-corrected chi connectivity index (χ4v) is 4.75. The van der Waals surface area contributed by atoms with Gasteiger partial charge in [0.2, 0.25) is 10.0 Å². The van der Waals surface area contributed by atoms with Crippen LogP contribution < -0.4 is 4.72 Å². The molecule has 0 fully saturated rings. The Morgan fingerprint density at radius 2 is 1.41 bits per heavy atom. The average molecular weight is 430 g/mol. The number of ether oxygens (including phenoxy) is 3. The number of methoxy groups -OCH3 is 3. The molecule has 1 N–H and O–H groups in total. The van der Waals surface area contributed by atoms with Gasteiger partial charge in [-0.25, -0.2) is 13.1 Å². The molecule has 0 radical (unpaired) electrons. The maximum absolute atomic E-state index is 12.4. The Hall–Kier alpha value is -0.990. The van der Waals surface area contributed by atoms with Crippen molar-refractivity contribution in [2.24, 2.45) is 5.92 Å². The van der Waals surface area contributed by atoms with Gasteiger partial charge in [0.15, 0.2) is 0 Å². The molecule has 0 saturated carbocycles. The Labute approximate surface area is 177 Å². The Kier molecular flexibility index (Phi) is 12.7. The van der Waals surface area contributed by atoms with Crippen molar-refractivity contribution in [2.45, 2.75) is 75.6 Å². The van der Waals surface area contributed by atoms with Crippen LogP contribution in [0.25, 0.3) is 0 Å². The minimum absolute atomic E-state index is 0.0231. The van der Waals surface area contributed by atoms with Crippen molar-refractivity contribution in [1.82, 2.24) is 4.72 Å². The first kappa shape index (κ1) is 26.0. The lowest BCUT2D eigenvalue weighted by Crippen LogP contribution is -2.44. The summed E-state index contributed by atoms with van der Waals surface area (Å²) < 4.78 is 44.1. The zero-order valence-corrected chi connectivity index (χ0v) is 19.3. The van der Waals surface area contributed by atoms with Crippen LogP contribution in [0.4, 0.5) is 0 Å². The van der Waals surface area contributed by atoms with Gasteiger partial charge in [-0.15, -0.1) is 0 Å². The van der Waals surface area contributed by atoms with Crippen molar-refractivity contribution in [3.63, 3.8) is 0 Å². The van der Waals surface area contributed by atoms with E-state index in [0.717, 1.165) is 19.3 Å². The molecule has 0 spiro atoms. The largest absolute Gasteiger partial charge is 0.331 e. The fraction of sp³-hybridized carbons (Fsp3) is 0.727. The Morgan fingerprint density at radius 3 is 2.00 bits per heavy atom. The summed E-state index contributed by atoms with van der Waals surface area (Å²) in [5.41, 5.74) is 0. The summed E-state index contributed by atoms with van der Waals surface area (Å²) >= 11 is 0. The first-order valence-corrected chi connectivity index (χ1v) is 12.1. The van der Waals surface area contributed by atoms with E-state index in [4.69, 9.17) is 14.2 Å². The van der Waals surface area contributed by atoms with E-state index in [-0.39, 0.29) is 10.8 Å². The van der Waals surface area contributed by atoms with Crippen LogP contribution in [-0.4, -0.2) is 42.3 Å². The number of unbranched alkanes of at least 4 members (excludes halogenated alkanes) is 5. The minimum atomic E-state index is -3.48. The molecule has 7 heteroatoms. The molecule has 0 amide bonds. The van der Waals surface area contributed by atoms with Crippen molar-refractivity contribution in [2.75, 3.05) is 27.9 Å². The van der Waals surface area contributed by atoms with Crippen molar-refractivity contribution in [1.29, 1.82) is 0 Å². The van der Waals surface area contributed by atoms with Crippen LogP contribution in [0.1, 0.15) is 64.7 Å². The first-order chi connectivity index (χ1) is 14.0. The van der Waals surface area contributed by atoms with Gasteiger partial charge in [-0.3, -0.25) is 0 Å². The quantitative estimate of drug-likeness (QED) is 0.287. The summed E-state index contributed by atoms with van der Waals surface area (Å²) in [4.78, 5) is 0.281. The van der Waals surface area contributed by atoms with Crippen LogP contribution in [0.15, 0.2) is 35.2 Å². The molecule has 1 atom stereocenters. The van der Waals surface area contributed by atoms with Crippen LogP contribution in [0.2, 0.25) is 0 Å². The summed E-state index contributed by atoms with van der Waals surface area (Å²) in [5, 5.41) is 0. The molecular weight excluding hydrogens is 390 g/mol. The molecule has 0 aliphatic carbocycles. The number of rotatable bonds is 17. The van der Waals surface area contributed by atoms with Gasteiger partial charge in [0.25, 0.3) is 5.97 Å². The molecule has 1 aromatic rings. The second-order valence-electron chi connectivity index (χ2n) is 7.32. The summed E-state index contributed by atoms with van der Waals surface area (Å²) in [6.45, 7) is 2.57. The van der Waals surface area contributed by atoms with Gasteiger partial charge in [-0.2, -0.15) is 0 Å². The molecule has 0 heterocycles. The predicted molar refractivity (Wildman–Crippen MR) is 116 cm³/mol. The first-order valence-electron chi connectivity index (χ1n) is 10.7. The number of benzene rings is 1. The Bertz CT molecular complexity index is 624. The predicted octanol–water partition coefficient (Wildman–Crippen LogP) is 4.70. The van der Waals surface area contributed by atoms with E-state index in [9.17, 15) is 8.42 Å². The molecular formula is C22H39NO5S. The summed E-state index contributed by atoms with van der Waals surface area (Å²) in [6, 6.07) is 8.42. The lowest BCUT2D eigenvalue weighted by Gasteiger charge is -2.36. The molecule has 0 aromatic heterocycles. The zero-order valence-electron chi connectivity index (χ0n) is 18.5. The van der Waals surface area contributed by atoms with E-state index >= 15 is 0 Å². The third-order valence-corrected chi connectivity index (χ3v) is 6.81. The number of hydrogen-bond acceptors (Lipinski definition) is 5. The molecule has 0 aliphatic rings. The van der Waals surface area contributed by atoms with Crippen LogP contribution >= 0.6 is 0 Å². The fourth-order valence-electron chi connectivity index (χ4n) is 3.66. The van der Waals surface area contributed by atoms with Crippen molar-refractivity contribution in [3.05, 3.63) is 30.3 Å². The van der Waals surface area contributed by atoms with Gasteiger partial charge in [0.05, 0.1) is 4.90 Å². The van der Waals surface area contributed by atoms with E-state index < -0.39 is 16.0 Å².